The first-order chi connectivity index (χ1) is 7.84. The van der Waals surface area contributed by atoms with Crippen LogP contribution in [0.15, 0.2) is 6.20 Å². The Morgan fingerprint density at radius 2 is 1.94 bits per heavy atom. The van der Waals surface area contributed by atoms with E-state index in [1.165, 1.54) is 0 Å². The molecule has 0 amide bonds. The predicted octanol–water partition coefficient (Wildman–Crippen LogP) is 2.66. The topological polar surface area (TPSA) is 37.8 Å². The lowest BCUT2D eigenvalue weighted by molar-refractivity contribution is 0.268. The molecule has 0 aromatic carbocycles. The van der Waals surface area contributed by atoms with Gasteiger partial charge in [0.2, 0.25) is 0 Å². The SMILES string of the molecule is CCNC(Cc1nc(C)cnc1C)C(C)(C)C. The number of hydrogen-bond acceptors (Lipinski definition) is 3. The zero-order chi connectivity index (χ0) is 13.1. The van der Waals surface area contributed by atoms with Gasteiger partial charge in [0.05, 0.1) is 17.1 Å². The Kier molecular flexibility index (Phi) is 4.63. The molecule has 1 aromatic heterocycles. The van der Waals surface area contributed by atoms with Crippen LogP contribution in [0.25, 0.3) is 0 Å². The lowest BCUT2D eigenvalue weighted by atomic mass is 9.83. The van der Waals surface area contributed by atoms with Gasteiger partial charge in [-0.3, -0.25) is 9.97 Å². The van der Waals surface area contributed by atoms with Gasteiger partial charge in [-0.15, -0.1) is 0 Å². The first-order valence-electron chi connectivity index (χ1n) is 6.37. The van der Waals surface area contributed by atoms with Gasteiger partial charge in [-0.25, -0.2) is 0 Å². The first-order valence-corrected chi connectivity index (χ1v) is 6.37. The molecule has 0 aliphatic carbocycles. The van der Waals surface area contributed by atoms with Crippen molar-refractivity contribution in [1.29, 1.82) is 0 Å². The van der Waals surface area contributed by atoms with E-state index in [1.807, 2.05) is 20.0 Å². The summed E-state index contributed by atoms with van der Waals surface area (Å²) >= 11 is 0. The molecule has 17 heavy (non-hydrogen) atoms. The van der Waals surface area contributed by atoms with Gasteiger partial charge >= 0.3 is 0 Å². The average molecular weight is 235 g/mol. The fraction of sp³-hybridized carbons (Fsp3) is 0.714. The standard InChI is InChI=1S/C14H25N3/c1-7-15-13(14(4,5)6)8-12-11(3)16-9-10(2)17-12/h9,13,15H,7-8H2,1-6H3. The summed E-state index contributed by atoms with van der Waals surface area (Å²) < 4.78 is 0. The summed E-state index contributed by atoms with van der Waals surface area (Å²) in [5, 5.41) is 3.55. The van der Waals surface area contributed by atoms with Crippen molar-refractivity contribution in [3.05, 3.63) is 23.3 Å². The first kappa shape index (κ1) is 14.1. The summed E-state index contributed by atoms with van der Waals surface area (Å²) in [7, 11) is 0. The van der Waals surface area contributed by atoms with Crippen LogP contribution < -0.4 is 5.32 Å². The van der Waals surface area contributed by atoms with Gasteiger partial charge in [-0.05, 0) is 25.8 Å². The highest BCUT2D eigenvalue weighted by molar-refractivity contribution is 5.14. The molecule has 1 rings (SSSR count). The molecule has 1 aromatic rings. The van der Waals surface area contributed by atoms with Crippen LogP contribution in [-0.4, -0.2) is 22.6 Å². The van der Waals surface area contributed by atoms with Crippen LogP contribution >= 0.6 is 0 Å². The molecule has 1 atom stereocenters. The molecular formula is C14H25N3. The quantitative estimate of drug-likeness (QED) is 0.872. The van der Waals surface area contributed by atoms with Crippen LogP contribution in [0.1, 0.15) is 44.8 Å². The normalized spacial score (nSPS) is 13.8. The molecule has 0 saturated carbocycles. The Balaban J connectivity index is 2.89. The highest BCUT2D eigenvalue weighted by atomic mass is 14.9. The van der Waals surface area contributed by atoms with Crippen LogP contribution in [0.3, 0.4) is 0 Å². The molecular weight excluding hydrogens is 210 g/mol. The molecule has 0 aliphatic heterocycles. The summed E-state index contributed by atoms with van der Waals surface area (Å²) in [5.74, 6) is 0. The maximum atomic E-state index is 4.61. The van der Waals surface area contributed by atoms with Crippen LogP contribution in [-0.2, 0) is 6.42 Å². The Morgan fingerprint density at radius 3 is 2.47 bits per heavy atom. The third-order valence-corrected chi connectivity index (χ3v) is 3.07. The van der Waals surface area contributed by atoms with Gasteiger partial charge in [0, 0.05) is 18.7 Å². The second-order valence-electron chi connectivity index (χ2n) is 5.72. The molecule has 3 nitrogen and oxygen atoms in total. The molecule has 0 saturated heterocycles. The smallest absolute Gasteiger partial charge is 0.0634 e. The van der Waals surface area contributed by atoms with Crippen LogP contribution in [0.4, 0.5) is 0 Å². The van der Waals surface area contributed by atoms with Crippen LogP contribution in [0.2, 0.25) is 0 Å². The van der Waals surface area contributed by atoms with E-state index < -0.39 is 0 Å². The average Bonchev–Trinajstić information content (AvgIpc) is 2.21. The summed E-state index contributed by atoms with van der Waals surface area (Å²) in [4.78, 5) is 8.99. The van der Waals surface area contributed by atoms with Crippen molar-refractivity contribution < 1.29 is 0 Å². The van der Waals surface area contributed by atoms with E-state index in [9.17, 15) is 0 Å². The van der Waals surface area contributed by atoms with Gasteiger partial charge < -0.3 is 5.32 Å². The molecule has 1 unspecified atom stereocenters. The highest BCUT2D eigenvalue weighted by Crippen LogP contribution is 2.22. The van der Waals surface area contributed by atoms with E-state index >= 15 is 0 Å². The molecule has 0 fully saturated rings. The molecule has 0 aliphatic rings. The Labute approximate surface area is 105 Å². The van der Waals surface area contributed by atoms with E-state index in [0.29, 0.717) is 6.04 Å². The zero-order valence-electron chi connectivity index (χ0n) is 12.0. The van der Waals surface area contributed by atoms with Crippen molar-refractivity contribution in [1.82, 2.24) is 15.3 Å². The van der Waals surface area contributed by atoms with Gasteiger partial charge in [0.15, 0.2) is 0 Å². The van der Waals surface area contributed by atoms with Crippen molar-refractivity contribution in [2.75, 3.05) is 6.54 Å². The second-order valence-corrected chi connectivity index (χ2v) is 5.72. The van der Waals surface area contributed by atoms with E-state index in [0.717, 1.165) is 30.0 Å². The maximum absolute atomic E-state index is 4.61. The molecule has 96 valence electrons. The lowest BCUT2D eigenvalue weighted by Gasteiger charge is -2.31. The molecule has 0 bridgehead atoms. The summed E-state index contributed by atoms with van der Waals surface area (Å²) in [6.07, 6.45) is 2.77. The predicted molar refractivity (Wildman–Crippen MR) is 72.1 cm³/mol. The molecule has 3 heteroatoms. The molecule has 1 N–H and O–H groups in total. The minimum atomic E-state index is 0.230. The van der Waals surface area contributed by atoms with Crippen molar-refractivity contribution >= 4 is 0 Å². The largest absolute Gasteiger partial charge is 0.313 e. The second kappa shape index (κ2) is 5.58. The number of nitrogens with one attached hydrogen (secondary N) is 1. The number of hydrogen-bond donors (Lipinski definition) is 1. The summed E-state index contributed by atoms with van der Waals surface area (Å²) in [6, 6.07) is 0.433. The minimum Gasteiger partial charge on any atom is -0.313 e. The van der Waals surface area contributed by atoms with Crippen molar-refractivity contribution in [3.63, 3.8) is 0 Å². The monoisotopic (exact) mass is 235 g/mol. The van der Waals surface area contributed by atoms with E-state index in [4.69, 9.17) is 0 Å². The fourth-order valence-corrected chi connectivity index (χ4v) is 1.91. The van der Waals surface area contributed by atoms with Crippen LogP contribution in [0, 0.1) is 19.3 Å². The van der Waals surface area contributed by atoms with Crippen LogP contribution in [0.5, 0.6) is 0 Å². The fourth-order valence-electron chi connectivity index (χ4n) is 1.91. The molecule has 0 radical (unpaired) electrons. The zero-order valence-corrected chi connectivity index (χ0v) is 12.0. The van der Waals surface area contributed by atoms with E-state index in [-0.39, 0.29) is 5.41 Å². The Bertz CT molecular complexity index is 366. The van der Waals surface area contributed by atoms with Crippen molar-refractivity contribution in [3.8, 4) is 0 Å². The van der Waals surface area contributed by atoms with Crippen molar-refractivity contribution in [2.24, 2.45) is 5.41 Å². The molecule has 1 heterocycles. The van der Waals surface area contributed by atoms with Gasteiger partial charge in [-0.1, -0.05) is 27.7 Å². The molecule has 0 spiro atoms. The van der Waals surface area contributed by atoms with Gasteiger partial charge in [0.25, 0.3) is 0 Å². The van der Waals surface area contributed by atoms with Gasteiger partial charge in [0.1, 0.15) is 0 Å². The Morgan fingerprint density at radius 1 is 1.29 bits per heavy atom. The number of aromatic nitrogens is 2. The number of nitrogens with zero attached hydrogens (tertiary/aromatic N) is 2. The third-order valence-electron chi connectivity index (χ3n) is 3.07. The van der Waals surface area contributed by atoms with Crippen molar-refractivity contribution in [2.45, 2.75) is 54.0 Å². The summed E-state index contributed by atoms with van der Waals surface area (Å²) in [5.41, 5.74) is 3.39. The van der Waals surface area contributed by atoms with E-state index in [1.54, 1.807) is 0 Å². The maximum Gasteiger partial charge on any atom is 0.0634 e. The van der Waals surface area contributed by atoms with E-state index in [2.05, 4.69) is 43.0 Å². The highest BCUT2D eigenvalue weighted by Gasteiger charge is 2.25. The summed E-state index contributed by atoms with van der Waals surface area (Å²) in [6.45, 7) is 14.0. The minimum absolute atomic E-state index is 0.230. The Hall–Kier alpha value is -0.960. The number of aryl methyl sites for hydroxylation is 2. The third kappa shape index (κ3) is 4.08. The number of likely N-dealkylation sites (N-methyl/N-ethyl adjacent to an activating group) is 1. The number of rotatable bonds is 4. The lowest BCUT2D eigenvalue weighted by Crippen LogP contribution is -2.42. The van der Waals surface area contributed by atoms with Gasteiger partial charge in [-0.2, -0.15) is 0 Å².